The van der Waals surface area contributed by atoms with Crippen molar-refractivity contribution in [2.75, 3.05) is 28.4 Å². The van der Waals surface area contributed by atoms with E-state index in [1.807, 2.05) is 76.2 Å². The summed E-state index contributed by atoms with van der Waals surface area (Å²) in [6.07, 6.45) is -1.86. The first-order valence-corrected chi connectivity index (χ1v) is 16.4. The molecule has 0 aliphatic carbocycles. The minimum Gasteiger partial charge on any atom is -0.493 e. The Labute approximate surface area is 291 Å². The van der Waals surface area contributed by atoms with Gasteiger partial charge in [0.25, 0.3) is 0 Å². The summed E-state index contributed by atoms with van der Waals surface area (Å²) in [7, 11) is 6.25. The van der Waals surface area contributed by atoms with Crippen molar-refractivity contribution < 1.29 is 38.6 Å². The summed E-state index contributed by atoms with van der Waals surface area (Å²) in [6.45, 7) is 7.32. The Morgan fingerprint density at radius 2 is 0.959 bits per heavy atom. The first kappa shape index (κ1) is 35.5. The third-order valence-electron chi connectivity index (χ3n) is 8.17. The molecule has 0 aliphatic rings. The molecule has 11 heteroatoms. The van der Waals surface area contributed by atoms with Gasteiger partial charge in [-0.2, -0.15) is 4.37 Å². The Kier molecular flexibility index (Phi) is 10.7. The lowest BCUT2D eigenvalue weighted by Crippen LogP contribution is -2.36. The highest BCUT2D eigenvalue weighted by Gasteiger charge is 2.33. The van der Waals surface area contributed by atoms with Crippen molar-refractivity contribution in [3.05, 3.63) is 96.1 Å². The minimum absolute atomic E-state index is 0.532. The first-order chi connectivity index (χ1) is 23.4. The van der Waals surface area contributed by atoms with Gasteiger partial charge in [0, 0.05) is 11.1 Å². The smallest absolute Gasteiger partial charge is 0.173 e. The van der Waals surface area contributed by atoms with E-state index in [4.69, 9.17) is 33.4 Å². The van der Waals surface area contributed by atoms with Crippen molar-refractivity contribution in [1.82, 2.24) is 9.36 Å². The lowest BCUT2D eigenvalue weighted by atomic mass is 9.94. The summed E-state index contributed by atoms with van der Waals surface area (Å²) >= 11 is 1.30. The number of methoxy groups -OCH3 is 4. The molecule has 0 bridgehead atoms. The van der Waals surface area contributed by atoms with E-state index in [0.29, 0.717) is 51.4 Å². The van der Waals surface area contributed by atoms with Crippen LogP contribution in [0.4, 0.5) is 0 Å². The molecule has 0 aliphatic heterocycles. The average Bonchev–Trinajstić information content (AvgIpc) is 3.61. The summed E-state index contributed by atoms with van der Waals surface area (Å²) in [5, 5.41) is 23.1. The standard InChI is InChI=1S/C38H42N2O8S/c1-37(2,33(41)25-13-19-29(43-5)31(21-25)45-7)47-27-15-9-23(10-16-27)35-39-36(49-40-35)24-11-17-28(18-12-24)48-38(3,4)34(42)26-14-20-30(44-6)32(22-26)46-8/h9-22,33-34,41-42H,1-8H3. The molecule has 0 radical (unpaired) electrons. The van der Waals surface area contributed by atoms with Gasteiger partial charge in [-0.3, -0.25) is 0 Å². The van der Waals surface area contributed by atoms with Gasteiger partial charge < -0.3 is 38.6 Å². The molecule has 2 atom stereocenters. The highest BCUT2D eigenvalue weighted by Crippen LogP contribution is 2.38. The van der Waals surface area contributed by atoms with E-state index in [2.05, 4.69) is 4.37 Å². The molecule has 1 heterocycles. The van der Waals surface area contributed by atoms with Gasteiger partial charge in [-0.25, -0.2) is 4.98 Å². The molecule has 0 saturated carbocycles. The fourth-order valence-electron chi connectivity index (χ4n) is 5.36. The second-order valence-corrected chi connectivity index (χ2v) is 13.2. The van der Waals surface area contributed by atoms with Gasteiger partial charge in [0.2, 0.25) is 0 Å². The highest BCUT2D eigenvalue weighted by molar-refractivity contribution is 7.09. The number of nitrogens with zero attached hydrogens (tertiary/aromatic N) is 2. The van der Waals surface area contributed by atoms with Crippen LogP contribution in [0.15, 0.2) is 84.9 Å². The largest absolute Gasteiger partial charge is 0.493 e. The first-order valence-electron chi connectivity index (χ1n) is 15.6. The van der Waals surface area contributed by atoms with Crippen LogP contribution in [-0.4, -0.2) is 59.2 Å². The van der Waals surface area contributed by atoms with Crippen LogP contribution in [-0.2, 0) is 0 Å². The van der Waals surface area contributed by atoms with Gasteiger partial charge in [0.15, 0.2) is 28.8 Å². The topological polar surface area (TPSA) is 122 Å². The van der Waals surface area contributed by atoms with Gasteiger partial charge in [-0.1, -0.05) is 12.1 Å². The Morgan fingerprint density at radius 1 is 0.551 bits per heavy atom. The second kappa shape index (κ2) is 14.7. The van der Waals surface area contributed by atoms with E-state index in [9.17, 15) is 10.2 Å². The van der Waals surface area contributed by atoms with Crippen LogP contribution in [0.25, 0.3) is 22.0 Å². The van der Waals surface area contributed by atoms with Crippen LogP contribution >= 0.6 is 11.5 Å². The molecule has 258 valence electrons. The van der Waals surface area contributed by atoms with E-state index in [-0.39, 0.29) is 0 Å². The van der Waals surface area contributed by atoms with Crippen LogP contribution in [0.1, 0.15) is 51.0 Å². The molecule has 4 aromatic carbocycles. The number of aliphatic hydroxyl groups excluding tert-OH is 2. The van der Waals surface area contributed by atoms with E-state index >= 15 is 0 Å². The van der Waals surface area contributed by atoms with Crippen LogP contribution in [0, 0.1) is 0 Å². The van der Waals surface area contributed by atoms with Crippen molar-refractivity contribution in [3.8, 4) is 56.5 Å². The number of hydrogen-bond donors (Lipinski definition) is 2. The molecule has 0 spiro atoms. The fraction of sp³-hybridized carbons (Fsp3) is 0.316. The predicted molar refractivity (Wildman–Crippen MR) is 189 cm³/mol. The van der Waals surface area contributed by atoms with Crippen molar-refractivity contribution in [2.24, 2.45) is 0 Å². The van der Waals surface area contributed by atoms with E-state index in [1.54, 1.807) is 64.8 Å². The summed E-state index contributed by atoms with van der Waals surface area (Å²) < 4.78 is 38.4. The minimum atomic E-state index is -0.945. The van der Waals surface area contributed by atoms with Crippen LogP contribution in [0.2, 0.25) is 0 Å². The normalized spacial score (nSPS) is 12.9. The van der Waals surface area contributed by atoms with Gasteiger partial charge in [0.1, 0.15) is 39.9 Å². The number of rotatable bonds is 14. The molecular formula is C38H42N2O8S. The highest BCUT2D eigenvalue weighted by atomic mass is 32.1. The number of ether oxygens (including phenoxy) is 6. The molecular weight excluding hydrogens is 644 g/mol. The Hall–Kier alpha value is -4.84. The zero-order valence-electron chi connectivity index (χ0n) is 28.9. The maximum Gasteiger partial charge on any atom is 0.173 e. The monoisotopic (exact) mass is 686 g/mol. The lowest BCUT2D eigenvalue weighted by Gasteiger charge is -2.32. The maximum absolute atomic E-state index is 11.1. The molecule has 5 aromatic rings. The van der Waals surface area contributed by atoms with E-state index in [0.717, 1.165) is 16.1 Å². The lowest BCUT2D eigenvalue weighted by molar-refractivity contribution is -0.0302. The van der Waals surface area contributed by atoms with Crippen molar-refractivity contribution in [1.29, 1.82) is 0 Å². The average molecular weight is 687 g/mol. The summed E-state index contributed by atoms with van der Waals surface area (Å²) in [4.78, 5) is 4.76. The quantitative estimate of drug-likeness (QED) is 0.120. The summed E-state index contributed by atoms with van der Waals surface area (Å²) in [5.74, 6) is 4.03. The van der Waals surface area contributed by atoms with Crippen molar-refractivity contribution in [2.45, 2.75) is 51.1 Å². The van der Waals surface area contributed by atoms with E-state index < -0.39 is 23.4 Å². The fourth-order valence-corrected chi connectivity index (χ4v) is 6.05. The van der Waals surface area contributed by atoms with Gasteiger partial charge in [-0.15, -0.1) is 0 Å². The van der Waals surface area contributed by atoms with Crippen LogP contribution in [0.3, 0.4) is 0 Å². The predicted octanol–water partition coefficient (Wildman–Crippen LogP) is 7.69. The molecule has 0 fully saturated rings. The van der Waals surface area contributed by atoms with Crippen molar-refractivity contribution in [3.63, 3.8) is 0 Å². The third kappa shape index (κ3) is 7.91. The second-order valence-electron chi connectivity index (χ2n) is 12.4. The molecule has 49 heavy (non-hydrogen) atoms. The maximum atomic E-state index is 11.1. The Morgan fingerprint density at radius 3 is 1.37 bits per heavy atom. The van der Waals surface area contributed by atoms with Gasteiger partial charge in [0.05, 0.1) is 28.4 Å². The van der Waals surface area contributed by atoms with Crippen molar-refractivity contribution >= 4 is 11.5 Å². The number of aromatic nitrogens is 2. The molecule has 2 N–H and O–H groups in total. The van der Waals surface area contributed by atoms with E-state index in [1.165, 1.54) is 11.5 Å². The molecule has 5 rings (SSSR count). The van der Waals surface area contributed by atoms with Crippen LogP contribution in [0.5, 0.6) is 34.5 Å². The molecule has 1 aromatic heterocycles. The molecule has 10 nitrogen and oxygen atoms in total. The molecule has 0 amide bonds. The molecule has 0 saturated heterocycles. The van der Waals surface area contributed by atoms with Crippen LogP contribution < -0.4 is 28.4 Å². The summed E-state index contributed by atoms with van der Waals surface area (Å²) in [6, 6.07) is 25.6. The zero-order chi connectivity index (χ0) is 35.3. The number of aliphatic hydroxyl groups is 2. The SMILES string of the molecule is COc1ccc(C(O)C(C)(C)Oc2ccc(-c3nsc(-c4ccc(OC(C)(C)C(O)c5ccc(OC)c(OC)c5)cc4)n3)cc2)cc1OC. The Bertz CT molecular complexity index is 1720. The van der Waals surface area contributed by atoms with Gasteiger partial charge >= 0.3 is 0 Å². The zero-order valence-corrected chi connectivity index (χ0v) is 29.7. The Balaban J connectivity index is 1.23. The van der Waals surface area contributed by atoms with Gasteiger partial charge in [-0.05, 0) is 123 Å². The summed E-state index contributed by atoms with van der Waals surface area (Å²) in [5.41, 5.74) is 1.13. The number of benzene rings is 4. The third-order valence-corrected chi connectivity index (χ3v) is 8.93. The molecule has 2 unspecified atom stereocenters. The number of hydrogen-bond acceptors (Lipinski definition) is 11.